The lowest BCUT2D eigenvalue weighted by Crippen LogP contribution is -2.46. The maximum absolute atomic E-state index is 13.2. The second-order valence-electron chi connectivity index (χ2n) is 17.3. The Kier molecular flexibility index (Phi) is 13.0. The van der Waals surface area contributed by atoms with Crippen LogP contribution in [0, 0.1) is 5.92 Å². The monoisotopic (exact) mass is 790 g/mol. The van der Waals surface area contributed by atoms with E-state index in [0.717, 1.165) is 17.5 Å². The number of imide groups is 1. The molecule has 0 aliphatic carbocycles. The number of alkyl carbamates (subject to hydrolysis) is 1. The largest absolute Gasteiger partial charge is 0.490 e. The van der Waals surface area contributed by atoms with Gasteiger partial charge in [0, 0.05) is 25.6 Å². The molecule has 1 N–H and O–H groups in total. The van der Waals surface area contributed by atoms with Crippen molar-refractivity contribution < 1.29 is 52.4 Å². The minimum atomic E-state index is -1.43. The lowest BCUT2D eigenvalue weighted by molar-refractivity contribution is -0.780. The van der Waals surface area contributed by atoms with Gasteiger partial charge in [-0.3, -0.25) is 9.59 Å². The van der Waals surface area contributed by atoms with Gasteiger partial charge in [-0.25, -0.2) is 19.2 Å². The number of hydrogen-bond acceptors (Lipinski definition) is 10. The van der Waals surface area contributed by atoms with Crippen molar-refractivity contribution in [2.75, 3.05) is 26.2 Å². The molecule has 2 aliphatic rings. The first-order valence-electron chi connectivity index (χ1n) is 19.3. The summed E-state index contributed by atoms with van der Waals surface area (Å²) in [6.45, 7) is 18.7. The number of nitrogens with one attached hydrogen (secondary N) is 1. The van der Waals surface area contributed by atoms with E-state index in [1.807, 2.05) is 59.9 Å². The van der Waals surface area contributed by atoms with Gasteiger partial charge in [0.05, 0.1) is 29.4 Å². The smallest absolute Gasteiger partial charge is 0.410 e. The summed E-state index contributed by atoms with van der Waals surface area (Å²) >= 11 is 0. The number of fused-ring (bicyclic) bond motifs is 1. The Morgan fingerprint density at radius 2 is 1.44 bits per heavy atom. The van der Waals surface area contributed by atoms with Crippen LogP contribution in [0.1, 0.15) is 95.9 Å². The van der Waals surface area contributed by atoms with Crippen LogP contribution in [-0.4, -0.2) is 93.8 Å². The van der Waals surface area contributed by atoms with Gasteiger partial charge in [-0.15, -0.1) is 9.75 Å². The highest BCUT2D eigenvalue weighted by atomic mass is 16.7. The average molecular weight is 791 g/mol. The molecule has 57 heavy (non-hydrogen) atoms. The molecule has 0 radical (unpaired) electrons. The summed E-state index contributed by atoms with van der Waals surface area (Å²) in [5.74, 6) is -1.51. The quantitative estimate of drug-likeness (QED) is 0.0723. The first-order valence-corrected chi connectivity index (χ1v) is 19.3. The van der Waals surface area contributed by atoms with E-state index in [-0.39, 0.29) is 29.7 Å². The predicted molar refractivity (Wildman–Crippen MR) is 208 cm³/mol. The van der Waals surface area contributed by atoms with Gasteiger partial charge in [0.15, 0.2) is 6.54 Å². The van der Waals surface area contributed by atoms with E-state index in [4.69, 9.17) is 23.8 Å². The lowest BCUT2D eigenvalue weighted by atomic mass is 10.1. The number of likely N-dealkylation sites (tertiary alicyclic amines) is 1. The zero-order chi connectivity index (χ0) is 41.7. The summed E-state index contributed by atoms with van der Waals surface area (Å²) in [7, 11) is 0. The standard InChI is InChI=1S/C42H55N5O10/c1-40(2,3)54-37(50)34(57-47-35(48)32-13-10-11-14-33(32)36(47)49)27-53-31-17-15-29(16-18-31)30-25-45(21-12-20-43-38(51)55-41(4,5)6)46(26-30)24-28-19-22-44(23-28)39(52)56-42(7,8)9/h10-11,13-18,25-26,28,34H,12,19-24,27H2,1-9H3/p+1/t28-,34+/m1/s1. The summed E-state index contributed by atoms with van der Waals surface area (Å²) < 4.78 is 26.7. The van der Waals surface area contributed by atoms with Gasteiger partial charge in [-0.2, -0.15) is 4.68 Å². The van der Waals surface area contributed by atoms with Crippen LogP contribution in [0.25, 0.3) is 11.1 Å². The van der Waals surface area contributed by atoms with Gasteiger partial charge in [0.2, 0.25) is 12.3 Å². The van der Waals surface area contributed by atoms with Crippen molar-refractivity contribution in [3.63, 3.8) is 0 Å². The molecule has 1 aromatic heterocycles. The van der Waals surface area contributed by atoms with Gasteiger partial charge in [-0.1, -0.05) is 24.3 Å². The SMILES string of the molecule is CC(C)(C)OC(=O)NCCCn1cc(-c2ccc(OC[C@H](ON3C(=O)c4ccccc4C3=O)C(=O)OC(C)(C)C)cc2)c[n+]1C[C@@H]1CCN(C(=O)OC(C)(C)C)C1. The van der Waals surface area contributed by atoms with Crippen LogP contribution in [0.4, 0.5) is 9.59 Å². The fourth-order valence-corrected chi connectivity index (χ4v) is 6.30. The van der Waals surface area contributed by atoms with Crippen LogP contribution in [0.5, 0.6) is 5.75 Å². The minimum Gasteiger partial charge on any atom is -0.490 e. The number of benzene rings is 2. The van der Waals surface area contributed by atoms with Crippen LogP contribution in [0.3, 0.4) is 0 Å². The molecule has 0 spiro atoms. The molecular weight excluding hydrogens is 734 g/mol. The van der Waals surface area contributed by atoms with Crippen molar-refractivity contribution in [3.05, 3.63) is 72.1 Å². The second kappa shape index (κ2) is 17.4. The zero-order valence-corrected chi connectivity index (χ0v) is 34.5. The van der Waals surface area contributed by atoms with Gasteiger partial charge in [0.25, 0.3) is 11.8 Å². The number of hydrogen-bond donors (Lipinski definition) is 1. The Morgan fingerprint density at radius 3 is 2.04 bits per heavy atom. The molecule has 308 valence electrons. The number of ether oxygens (including phenoxy) is 4. The van der Waals surface area contributed by atoms with Crippen molar-refractivity contribution >= 4 is 30.0 Å². The third-order valence-electron chi connectivity index (χ3n) is 8.77. The second-order valence-corrected chi connectivity index (χ2v) is 17.3. The van der Waals surface area contributed by atoms with E-state index < -0.39 is 46.8 Å². The van der Waals surface area contributed by atoms with Gasteiger partial charge in [-0.05, 0) is 105 Å². The highest BCUT2D eigenvalue weighted by molar-refractivity contribution is 6.20. The van der Waals surface area contributed by atoms with Crippen LogP contribution < -0.4 is 14.7 Å². The molecule has 3 aromatic rings. The fraction of sp³-hybridized carbons (Fsp3) is 0.524. The van der Waals surface area contributed by atoms with Crippen LogP contribution >= 0.6 is 0 Å². The fourth-order valence-electron chi connectivity index (χ4n) is 6.30. The number of hydroxylamine groups is 2. The number of carbonyl (C=O) groups excluding carboxylic acids is 5. The van der Waals surface area contributed by atoms with Crippen LogP contribution in [0.15, 0.2) is 60.9 Å². The Hall–Kier alpha value is -5.44. The molecule has 15 nitrogen and oxygen atoms in total. The van der Waals surface area contributed by atoms with Gasteiger partial charge >= 0.3 is 18.2 Å². The third-order valence-corrected chi connectivity index (χ3v) is 8.77. The third kappa shape index (κ3) is 12.0. The highest BCUT2D eigenvalue weighted by Gasteiger charge is 2.41. The number of aryl methyl sites for hydroxylation is 1. The Labute approximate surface area is 334 Å². The van der Waals surface area contributed by atoms with E-state index in [9.17, 15) is 24.0 Å². The molecule has 2 aliphatic heterocycles. The molecule has 1 fully saturated rings. The van der Waals surface area contributed by atoms with Crippen molar-refractivity contribution in [3.8, 4) is 16.9 Å². The first-order chi connectivity index (χ1) is 26.7. The molecule has 2 aromatic carbocycles. The number of aromatic nitrogens is 2. The molecule has 0 saturated carbocycles. The van der Waals surface area contributed by atoms with Gasteiger partial charge in [0.1, 0.15) is 29.2 Å². The van der Waals surface area contributed by atoms with Crippen molar-refractivity contribution in [2.45, 2.75) is 111 Å². The summed E-state index contributed by atoms with van der Waals surface area (Å²) in [5, 5.41) is 3.40. The van der Waals surface area contributed by atoms with E-state index in [0.29, 0.717) is 50.0 Å². The Bertz CT molecular complexity index is 1900. The Morgan fingerprint density at radius 1 is 0.825 bits per heavy atom. The van der Waals surface area contributed by atoms with Crippen molar-refractivity contribution in [2.24, 2.45) is 5.92 Å². The average Bonchev–Trinajstić information content (AvgIpc) is 3.80. The van der Waals surface area contributed by atoms with Crippen molar-refractivity contribution in [1.29, 1.82) is 0 Å². The minimum absolute atomic E-state index is 0.181. The summed E-state index contributed by atoms with van der Waals surface area (Å²) in [6.07, 6.45) is 3.38. The van der Waals surface area contributed by atoms with Crippen LogP contribution in [0.2, 0.25) is 0 Å². The van der Waals surface area contributed by atoms with E-state index >= 15 is 0 Å². The molecule has 0 bridgehead atoms. The maximum Gasteiger partial charge on any atom is 0.410 e. The van der Waals surface area contributed by atoms with Gasteiger partial charge < -0.3 is 29.2 Å². The first kappa shape index (κ1) is 42.7. The lowest BCUT2D eigenvalue weighted by Gasteiger charge is -2.26. The number of rotatable bonds is 13. The topological polar surface area (TPSA) is 159 Å². The Balaban J connectivity index is 1.27. The summed E-state index contributed by atoms with van der Waals surface area (Å²) in [5.41, 5.74) is 0.170. The molecule has 15 heteroatoms. The molecule has 2 atom stereocenters. The number of carbonyl (C=O) groups is 5. The van der Waals surface area contributed by atoms with E-state index in [1.165, 1.54) is 12.1 Å². The van der Waals surface area contributed by atoms with E-state index in [1.54, 1.807) is 49.9 Å². The summed E-state index contributed by atoms with van der Waals surface area (Å²) in [4.78, 5) is 71.6. The molecule has 0 unspecified atom stereocenters. The maximum atomic E-state index is 13.2. The summed E-state index contributed by atoms with van der Waals surface area (Å²) in [6, 6.07) is 13.6. The number of nitrogens with zero attached hydrogens (tertiary/aromatic N) is 4. The number of esters is 1. The molecule has 5 rings (SSSR count). The highest BCUT2D eigenvalue weighted by Crippen LogP contribution is 2.27. The normalized spacial score (nSPS) is 16.3. The predicted octanol–water partition coefficient (Wildman–Crippen LogP) is 5.93. The molecule has 3 heterocycles. The zero-order valence-electron chi connectivity index (χ0n) is 34.5. The van der Waals surface area contributed by atoms with E-state index in [2.05, 4.69) is 20.9 Å². The molecule has 1 saturated heterocycles. The van der Waals surface area contributed by atoms with Crippen LogP contribution in [-0.2, 0) is 36.9 Å². The van der Waals surface area contributed by atoms with Crippen molar-refractivity contribution in [1.82, 2.24) is 20.0 Å². The number of amides is 4. The molecular formula is C42H56N5O10+. The molecule has 4 amide bonds.